The Morgan fingerprint density at radius 2 is 1.96 bits per heavy atom. The average Bonchev–Trinajstić information content (AvgIpc) is 2.47. The Labute approximate surface area is 151 Å². The van der Waals surface area contributed by atoms with Crippen LogP contribution in [0.5, 0.6) is 5.75 Å². The van der Waals surface area contributed by atoms with E-state index in [0.717, 1.165) is 31.4 Å². The molecule has 126 valence electrons. The normalized spacial score (nSPS) is 19.9. The van der Waals surface area contributed by atoms with Gasteiger partial charge in [-0.2, -0.15) is 0 Å². The standard InChI is InChI=1S/C18H24INO3/c1-17(2,3)23-16(21)20-10-8-18(9-11-20)7-6-13-12-14(19)4-5-15(13)22-18/h4-5,12H,6-11H2,1-3H3. The van der Waals surface area contributed by atoms with Gasteiger partial charge in [-0.25, -0.2) is 4.79 Å². The summed E-state index contributed by atoms with van der Waals surface area (Å²) in [5.41, 5.74) is 0.749. The maximum absolute atomic E-state index is 12.2. The molecule has 1 spiro atoms. The third kappa shape index (κ3) is 3.92. The number of likely N-dealkylation sites (tertiary alicyclic amines) is 1. The van der Waals surface area contributed by atoms with Crippen LogP contribution in [0.1, 0.15) is 45.6 Å². The van der Waals surface area contributed by atoms with E-state index in [2.05, 4.69) is 40.8 Å². The molecule has 0 saturated carbocycles. The summed E-state index contributed by atoms with van der Waals surface area (Å²) in [6, 6.07) is 6.38. The number of nitrogens with zero attached hydrogens (tertiary/aromatic N) is 1. The van der Waals surface area contributed by atoms with Gasteiger partial charge in [0.05, 0.1) is 0 Å². The number of piperidine rings is 1. The minimum absolute atomic E-state index is 0.113. The van der Waals surface area contributed by atoms with Crippen molar-refractivity contribution in [2.75, 3.05) is 13.1 Å². The third-order valence-electron chi connectivity index (χ3n) is 4.53. The van der Waals surface area contributed by atoms with Crippen molar-refractivity contribution in [2.45, 2.75) is 57.7 Å². The smallest absolute Gasteiger partial charge is 0.410 e. The predicted molar refractivity (Wildman–Crippen MR) is 97.9 cm³/mol. The number of amides is 1. The highest BCUT2D eigenvalue weighted by molar-refractivity contribution is 14.1. The summed E-state index contributed by atoms with van der Waals surface area (Å²) in [5, 5.41) is 0. The van der Waals surface area contributed by atoms with Crippen LogP contribution in [0.25, 0.3) is 0 Å². The molecule has 4 nitrogen and oxygen atoms in total. The Morgan fingerprint density at radius 3 is 2.61 bits per heavy atom. The van der Waals surface area contributed by atoms with Crippen LogP contribution < -0.4 is 4.74 Å². The molecule has 0 aromatic heterocycles. The van der Waals surface area contributed by atoms with Gasteiger partial charge < -0.3 is 14.4 Å². The van der Waals surface area contributed by atoms with Crippen molar-refractivity contribution in [3.05, 3.63) is 27.3 Å². The Morgan fingerprint density at radius 1 is 1.26 bits per heavy atom. The number of carbonyl (C=O) groups is 1. The molecule has 0 radical (unpaired) electrons. The largest absolute Gasteiger partial charge is 0.487 e. The molecule has 1 aromatic carbocycles. The van der Waals surface area contributed by atoms with Crippen LogP contribution in [0.4, 0.5) is 4.79 Å². The van der Waals surface area contributed by atoms with Gasteiger partial charge in [-0.3, -0.25) is 0 Å². The molecule has 1 fully saturated rings. The summed E-state index contributed by atoms with van der Waals surface area (Å²) >= 11 is 2.34. The zero-order valence-corrected chi connectivity index (χ0v) is 16.2. The summed E-state index contributed by atoms with van der Waals surface area (Å²) in [6.07, 6.45) is 3.62. The van der Waals surface area contributed by atoms with Crippen LogP contribution >= 0.6 is 22.6 Å². The molecule has 2 aliphatic rings. The van der Waals surface area contributed by atoms with E-state index in [9.17, 15) is 4.79 Å². The molecule has 0 bridgehead atoms. The summed E-state index contributed by atoms with van der Waals surface area (Å²) in [7, 11) is 0. The summed E-state index contributed by atoms with van der Waals surface area (Å²) < 4.78 is 13.1. The molecule has 1 aromatic rings. The molecule has 1 amide bonds. The molecule has 2 aliphatic heterocycles. The fourth-order valence-electron chi connectivity index (χ4n) is 3.27. The van der Waals surface area contributed by atoms with Crippen molar-refractivity contribution in [3.63, 3.8) is 0 Å². The Bertz CT molecular complexity index is 601. The SMILES string of the molecule is CC(C)(C)OC(=O)N1CCC2(CCc3cc(I)ccc3O2)CC1. The van der Waals surface area contributed by atoms with E-state index in [1.54, 1.807) is 0 Å². The van der Waals surface area contributed by atoms with Crippen molar-refractivity contribution in [1.82, 2.24) is 4.90 Å². The number of benzene rings is 1. The highest BCUT2D eigenvalue weighted by atomic mass is 127. The van der Waals surface area contributed by atoms with Gasteiger partial charge in [0, 0.05) is 29.5 Å². The highest BCUT2D eigenvalue weighted by Crippen LogP contribution is 2.39. The fraction of sp³-hybridized carbons (Fsp3) is 0.611. The van der Waals surface area contributed by atoms with E-state index < -0.39 is 5.60 Å². The molecule has 0 N–H and O–H groups in total. The number of rotatable bonds is 0. The summed E-state index contributed by atoms with van der Waals surface area (Å²) in [5.74, 6) is 1.02. The second-order valence-electron chi connectivity index (χ2n) is 7.50. The van der Waals surface area contributed by atoms with Crippen molar-refractivity contribution in [3.8, 4) is 5.75 Å². The minimum atomic E-state index is -0.441. The van der Waals surface area contributed by atoms with E-state index in [1.165, 1.54) is 9.13 Å². The number of hydrogen-bond donors (Lipinski definition) is 0. The van der Waals surface area contributed by atoms with Gasteiger partial charge >= 0.3 is 6.09 Å². The van der Waals surface area contributed by atoms with E-state index in [-0.39, 0.29) is 11.7 Å². The summed E-state index contributed by atoms with van der Waals surface area (Å²) in [6.45, 7) is 7.11. The Kier molecular flexibility index (Phi) is 4.51. The van der Waals surface area contributed by atoms with Gasteiger partial charge in [0.25, 0.3) is 0 Å². The number of ether oxygens (including phenoxy) is 2. The molecular formula is C18H24INO3. The average molecular weight is 429 g/mol. The van der Waals surface area contributed by atoms with E-state index in [4.69, 9.17) is 9.47 Å². The van der Waals surface area contributed by atoms with Gasteiger partial charge in [0.15, 0.2) is 0 Å². The van der Waals surface area contributed by atoms with Crippen LogP contribution in [0.15, 0.2) is 18.2 Å². The molecule has 1 saturated heterocycles. The quantitative estimate of drug-likeness (QED) is 0.575. The zero-order valence-electron chi connectivity index (χ0n) is 14.0. The molecule has 23 heavy (non-hydrogen) atoms. The monoisotopic (exact) mass is 429 g/mol. The van der Waals surface area contributed by atoms with Gasteiger partial charge in [0.1, 0.15) is 17.0 Å². The first kappa shape index (κ1) is 16.9. The number of aryl methyl sites for hydroxylation is 1. The maximum Gasteiger partial charge on any atom is 0.410 e. The van der Waals surface area contributed by atoms with Crippen LogP contribution in [0.2, 0.25) is 0 Å². The molecule has 2 heterocycles. The lowest BCUT2D eigenvalue weighted by molar-refractivity contribution is -0.0272. The third-order valence-corrected chi connectivity index (χ3v) is 5.20. The molecule has 0 atom stereocenters. The second kappa shape index (κ2) is 6.15. The van der Waals surface area contributed by atoms with Crippen LogP contribution in [0, 0.1) is 3.57 Å². The maximum atomic E-state index is 12.2. The van der Waals surface area contributed by atoms with Crippen LogP contribution in [-0.2, 0) is 11.2 Å². The number of halogens is 1. The Hall–Kier alpha value is -0.980. The fourth-order valence-corrected chi connectivity index (χ4v) is 3.82. The highest BCUT2D eigenvalue weighted by Gasteiger charge is 2.41. The zero-order chi connectivity index (χ0) is 16.7. The summed E-state index contributed by atoms with van der Waals surface area (Å²) in [4.78, 5) is 14.0. The molecule has 3 rings (SSSR count). The predicted octanol–water partition coefficient (Wildman–Crippen LogP) is 4.39. The Balaban J connectivity index is 1.63. The first-order valence-corrected chi connectivity index (χ1v) is 9.30. The van der Waals surface area contributed by atoms with E-state index in [0.29, 0.717) is 13.1 Å². The molecule has 5 heteroatoms. The van der Waals surface area contributed by atoms with Gasteiger partial charge in [0.2, 0.25) is 0 Å². The molecule has 0 unspecified atom stereocenters. The number of carbonyl (C=O) groups excluding carboxylic acids is 1. The van der Waals surface area contributed by atoms with Gasteiger partial charge in [-0.05, 0) is 80.0 Å². The lowest BCUT2D eigenvalue weighted by atomic mass is 9.83. The van der Waals surface area contributed by atoms with Crippen molar-refractivity contribution in [1.29, 1.82) is 0 Å². The second-order valence-corrected chi connectivity index (χ2v) is 8.75. The van der Waals surface area contributed by atoms with Crippen molar-refractivity contribution >= 4 is 28.7 Å². The minimum Gasteiger partial charge on any atom is -0.487 e. The van der Waals surface area contributed by atoms with Gasteiger partial charge in [-0.15, -0.1) is 0 Å². The van der Waals surface area contributed by atoms with Crippen molar-refractivity contribution < 1.29 is 14.3 Å². The lowest BCUT2D eigenvalue weighted by Crippen LogP contribution is -2.52. The van der Waals surface area contributed by atoms with Crippen LogP contribution in [0.3, 0.4) is 0 Å². The van der Waals surface area contributed by atoms with E-state index >= 15 is 0 Å². The lowest BCUT2D eigenvalue weighted by Gasteiger charge is -2.44. The van der Waals surface area contributed by atoms with Gasteiger partial charge in [-0.1, -0.05) is 0 Å². The molecule has 0 aliphatic carbocycles. The van der Waals surface area contributed by atoms with E-state index in [1.807, 2.05) is 25.7 Å². The van der Waals surface area contributed by atoms with Crippen molar-refractivity contribution in [2.24, 2.45) is 0 Å². The topological polar surface area (TPSA) is 38.8 Å². The van der Waals surface area contributed by atoms with Crippen LogP contribution in [-0.4, -0.2) is 35.3 Å². The first-order valence-electron chi connectivity index (χ1n) is 8.22. The molecular weight excluding hydrogens is 405 g/mol. The number of hydrogen-bond acceptors (Lipinski definition) is 3. The first-order chi connectivity index (χ1) is 10.8. The number of fused-ring (bicyclic) bond motifs is 1.